The lowest BCUT2D eigenvalue weighted by atomic mass is 9.81. The van der Waals surface area contributed by atoms with Crippen molar-refractivity contribution >= 4 is 70.1 Å². The van der Waals surface area contributed by atoms with E-state index in [9.17, 15) is 0 Å². The number of hydrogen-bond donors (Lipinski definition) is 0. The molecule has 0 N–H and O–H groups in total. The average molecular weight is 568 g/mol. The Balaban J connectivity index is 1.33. The van der Waals surface area contributed by atoms with Crippen molar-refractivity contribution in [1.29, 1.82) is 0 Å². The van der Waals surface area contributed by atoms with Crippen molar-refractivity contribution in [2.75, 3.05) is 4.90 Å². The molecule has 1 aliphatic carbocycles. The van der Waals surface area contributed by atoms with Crippen LogP contribution in [0.3, 0.4) is 0 Å². The first-order valence-corrected chi connectivity index (χ1v) is 15.8. The van der Waals surface area contributed by atoms with Crippen LogP contribution in [0.5, 0.6) is 0 Å². The molecule has 0 spiro atoms. The summed E-state index contributed by atoms with van der Waals surface area (Å²) in [6, 6.07) is 51.6. The third kappa shape index (κ3) is 3.51. The SMILES string of the molecule is CC1(C)c2ccccc2-c2cc3ccc4c(N(c5ccccc5)c5cccc6sc7ccccc7c56)cccc4c3cc21. The maximum atomic E-state index is 2.47. The predicted molar refractivity (Wildman–Crippen MR) is 187 cm³/mol. The third-order valence-corrected chi connectivity index (χ3v) is 10.6. The van der Waals surface area contributed by atoms with E-state index in [1.54, 1.807) is 0 Å². The normalized spacial score (nSPS) is 13.5. The molecule has 0 amide bonds. The summed E-state index contributed by atoms with van der Waals surface area (Å²) in [7, 11) is 0. The van der Waals surface area contributed by atoms with Gasteiger partial charge in [-0.25, -0.2) is 0 Å². The fraction of sp³-hybridized carbons (Fsp3) is 0.0732. The Labute approximate surface area is 255 Å². The van der Waals surface area contributed by atoms with Crippen LogP contribution in [0.1, 0.15) is 25.0 Å². The second-order valence-electron chi connectivity index (χ2n) is 12.1. The number of hydrogen-bond acceptors (Lipinski definition) is 2. The molecular weight excluding hydrogens is 539 g/mol. The van der Waals surface area contributed by atoms with Gasteiger partial charge in [0.05, 0.1) is 11.4 Å². The van der Waals surface area contributed by atoms with Crippen LogP contribution in [0, 0.1) is 0 Å². The van der Waals surface area contributed by atoms with Crippen molar-refractivity contribution in [3.8, 4) is 11.1 Å². The summed E-state index contributed by atoms with van der Waals surface area (Å²) in [5.74, 6) is 0. The van der Waals surface area contributed by atoms with Crippen LogP contribution in [0.4, 0.5) is 17.1 Å². The molecule has 0 aliphatic heterocycles. The van der Waals surface area contributed by atoms with Crippen LogP contribution in [0.15, 0.2) is 140 Å². The van der Waals surface area contributed by atoms with Crippen LogP contribution in [-0.2, 0) is 5.41 Å². The maximum Gasteiger partial charge on any atom is 0.0555 e. The molecule has 204 valence electrons. The summed E-state index contributed by atoms with van der Waals surface area (Å²) in [4.78, 5) is 2.46. The molecule has 0 fully saturated rings. The van der Waals surface area contributed by atoms with Crippen molar-refractivity contribution in [2.45, 2.75) is 19.3 Å². The molecule has 0 saturated heterocycles. The Bertz CT molecular complexity index is 2380. The molecule has 1 aromatic heterocycles. The van der Waals surface area contributed by atoms with Gasteiger partial charge in [-0.15, -0.1) is 11.3 Å². The van der Waals surface area contributed by atoms with Gasteiger partial charge in [0.2, 0.25) is 0 Å². The zero-order valence-electron chi connectivity index (χ0n) is 24.1. The number of nitrogens with zero attached hydrogens (tertiary/aromatic N) is 1. The van der Waals surface area contributed by atoms with E-state index in [-0.39, 0.29) is 5.41 Å². The minimum absolute atomic E-state index is 0.0361. The van der Waals surface area contributed by atoms with Crippen molar-refractivity contribution in [1.82, 2.24) is 0 Å². The van der Waals surface area contributed by atoms with E-state index in [0.717, 1.165) is 5.69 Å². The molecule has 1 heterocycles. The number of para-hydroxylation sites is 1. The molecule has 0 radical (unpaired) electrons. The standard InChI is InChI=1S/C41H29NS/c1-41(2)34-17-8-6-14-29(34)33-24-26-22-23-30-28(32(26)25-35(33)41)16-10-18-36(30)42(27-12-4-3-5-13-27)37-19-11-21-39-40(37)31-15-7-9-20-38(31)43-39/h3-25H,1-2H3. The fourth-order valence-electron chi connectivity index (χ4n) is 7.39. The predicted octanol–water partition coefficient (Wildman–Crippen LogP) is 12.1. The van der Waals surface area contributed by atoms with Crippen LogP contribution in [0.25, 0.3) is 52.8 Å². The van der Waals surface area contributed by atoms with E-state index >= 15 is 0 Å². The number of thiophene rings is 1. The highest BCUT2D eigenvalue weighted by Crippen LogP contribution is 2.51. The first-order valence-electron chi connectivity index (χ1n) is 14.9. The Morgan fingerprint density at radius 1 is 0.488 bits per heavy atom. The van der Waals surface area contributed by atoms with Gasteiger partial charge in [-0.2, -0.15) is 0 Å². The lowest BCUT2D eigenvalue weighted by molar-refractivity contribution is 0.661. The van der Waals surface area contributed by atoms with Crippen molar-refractivity contribution in [2.24, 2.45) is 0 Å². The number of anilines is 3. The Kier molecular flexibility index (Phi) is 5.18. The van der Waals surface area contributed by atoms with E-state index in [1.165, 1.54) is 75.3 Å². The summed E-state index contributed by atoms with van der Waals surface area (Å²) in [5.41, 5.74) is 9.07. The van der Waals surface area contributed by atoms with Gasteiger partial charge < -0.3 is 4.90 Å². The Morgan fingerprint density at radius 3 is 2.12 bits per heavy atom. The molecular formula is C41H29NS. The van der Waals surface area contributed by atoms with Gasteiger partial charge in [-0.3, -0.25) is 0 Å². The summed E-state index contributed by atoms with van der Waals surface area (Å²) in [5, 5.41) is 7.75. The summed E-state index contributed by atoms with van der Waals surface area (Å²) < 4.78 is 2.63. The van der Waals surface area contributed by atoms with Crippen LogP contribution in [-0.4, -0.2) is 0 Å². The first kappa shape index (κ1) is 24.7. The Morgan fingerprint density at radius 2 is 1.21 bits per heavy atom. The number of benzene rings is 7. The minimum Gasteiger partial charge on any atom is -0.309 e. The minimum atomic E-state index is -0.0361. The molecule has 0 saturated carbocycles. The molecule has 9 rings (SSSR count). The number of rotatable bonds is 3. The Hall–Kier alpha value is -4.92. The molecule has 0 unspecified atom stereocenters. The van der Waals surface area contributed by atoms with Gasteiger partial charge in [-0.1, -0.05) is 105 Å². The molecule has 7 aromatic carbocycles. The van der Waals surface area contributed by atoms with Gasteiger partial charge in [0.25, 0.3) is 0 Å². The van der Waals surface area contributed by atoms with Gasteiger partial charge in [0.1, 0.15) is 0 Å². The lowest BCUT2D eigenvalue weighted by Gasteiger charge is -2.28. The smallest absolute Gasteiger partial charge is 0.0555 e. The molecule has 1 aliphatic rings. The van der Waals surface area contributed by atoms with Crippen molar-refractivity contribution < 1.29 is 0 Å². The first-order chi connectivity index (χ1) is 21.1. The van der Waals surface area contributed by atoms with E-state index in [1.807, 2.05) is 11.3 Å². The fourth-order valence-corrected chi connectivity index (χ4v) is 8.52. The van der Waals surface area contributed by atoms with Gasteiger partial charge in [0.15, 0.2) is 0 Å². The van der Waals surface area contributed by atoms with Gasteiger partial charge in [0, 0.05) is 36.7 Å². The lowest BCUT2D eigenvalue weighted by Crippen LogP contribution is -2.14. The van der Waals surface area contributed by atoms with Crippen LogP contribution >= 0.6 is 11.3 Å². The highest BCUT2D eigenvalue weighted by Gasteiger charge is 2.35. The molecule has 0 atom stereocenters. The molecule has 1 nitrogen and oxygen atoms in total. The van der Waals surface area contributed by atoms with Crippen molar-refractivity contribution in [3.63, 3.8) is 0 Å². The largest absolute Gasteiger partial charge is 0.309 e. The molecule has 0 bridgehead atoms. The van der Waals surface area contributed by atoms with Gasteiger partial charge >= 0.3 is 0 Å². The number of fused-ring (bicyclic) bond motifs is 9. The third-order valence-electron chi connectivity index (χ3n) is 9.43. The molecule has 43 heavy (non-hydrogen) atoms. The molecule has 2 heteroatoms. The zero-order valence-corrected chi connectivity index (χ0v) is 25.0. The zero-order chi connectivity index (χ0) is 28.7. The summed E-state index contributed by atoms with van der Waals surface area (Å²) >= 11 is 1.87. The van der Waals surface area contributed by atoms with E-state index < -0.39 is 0 Å². The highest BCUT2D eigenvalue weighted by atomic mass is 32.1. The van der Waals surface area contributed by atoms with Gasteiger partial charge in [-0.05, 0) is 86.9 Å². The summed E-state index contributed by atoms with van der Waals surface area (Å²) in [6.07, 6.45) is 0. The van der Waals surface area contributed by atoms with Crippen molar-refractivity contribution in [3.05, 3.63) is 151 Å². The maximum absolute atomic E-state index is 2.47. The van der Waals surface area contributed by atoms with E-state index in [0.29, 0.717) is 0 Å². The second kappa shape index (κ2) is 9.04. The van der Waals surface area contributed by atoms with E-state index in [4.69, 9.17) is 0 Å². The monoisotopic (exact) mass is 567 g/mol. The topological polar surface area (TPSA) is 3.24 Å². The summed E-state index contributed by atoms with van der Waals surface area (Å²) in [6.45, 7) is 4.73. The van der Waals surface area contributed by atoms with E-state index in [2.05, 4.69) is 158 Å². The van der Waals surface area contributed by atoms with Crippen LogP contribution in [0.2, 0.25) is 0 Å². The average Bonchev–Trinajstić information content (AvgIpc) is 3.54. The second-order valence-corrected chi connectivity index (χ2v) is 13.2. The quantitative estimate of drug-likeness (QED) is 0.192. The highest BCUT2D eigenvalue weighted by molar-refractivity contribution is 7.26. The molecule has 8 aromatic rings. The van der Waals surface area contributed by atoms with Crippen LogP contribution < -0.4 is 4.90 Å².